The van der Waals surface area contributed by atoms with E-state index in [9.17, 15) is 13.2 Å². The predicted octanol–water partition coefficient (Wildman–Crippen LogP) is -0.721. The van der Waals surface area contributed by atoms with Crippen molar-refractivity contribution in [3.05, 3.63) is 29.8 Å². The molecule has 6 nitrogen and oxygen atoms in total. The van der Waals surface area contributed by atoms with Gasteiger partial charge in [-0.15, -0.1) is 0 Å². The highest BCUT2D eigenvalue weighted by molar-refractivity contribution is 7.74. The molecule has 0 saturated carbocycles. The zero-order chi connectivity index (χ0) is 12.8. The number of nitrogens with two attached hydrogens (primary N) is 1. The van der Waals surface area contributed by atoms with Crippen molar-refractivity contribution in [2.45, 2.75) is 6.54 Å². The van der Waals surface area contributed by atoms with Crippen molar-refractivity contribution in [1.82, 2.24) is 5.32 Å². The second kappa shape index (κ2) is 6.02. The molecule has 1 amide bonds. The summed E-state index contributed by atoms with van der Waals surface area (Å²) < 4.78 is 26.3. The average Bonchev–Trinajstić information content (AvgIpc) is 2.29. The number of benzene rings is 1. The van der Waals surface area contributed by atoms with E-state index in [0.29, 0.717) is 5.75 Å². The third-order valence-electron chi connectivity index (χ3n) is 2.00. The summed E-state index contributed by atoms with van der Waals surface area (Å²) in [7, 11) is -1.11. The second-order valence-corrected chi connectivity index (χ2v) is 4.01. The maximum absolute atomic E-state index is 10.8. The van der Waals surface area contributed by atoms with Crippen molar-refractivity contribution in [3.8, 4) is 5.75 Å². The van der Waals surface area contributed by atoms with Gasteiger partial charge < -0.3 is 10.5 Å². The third kappa shape index (κ3) is 3.89. The van der Waals surface area contributed by atoms with E-state index in [1.54, 1.807) is 31.4 Å². The molecule has 0 radical (unpaired) electrons. The summed E-state index contributed by atoms with van der Waals surface area (Å²) in [6, 6.07) is 6.96. The average molecular weight is 256 g/mol. The van der Waals surface area contributed by atoms with Crippen LogP contribution in [0.1, 0.15) is 5.56 Å². The third-order valence-corrected chi connectivity index (χ3v) is 2.68. The van der Waals surface area contributed by atoms with Gasteiger partial charge in [0.25, 0.3) is 5.91 Å². The summed E-state index contributed by atoms with van der Waals surface area (Å²) in [5.41, 5.74) is 5.70. The summed E-state index contributed by atoms with van der Waals surface area (Å²) in [5, 5.41) is 2.46. The Kier molecular flexibility index (Phi) is 4.68. The number of methoxy groups -OCH3 is 1. The van der Waals surface area contributed by atoms with Crippen molar-refractivity contribution >= 4 is 21.2 Å². The molecule has 0 spiro atoms. The fourth-order valence-corrected chi connectivity index (χ4v) is 1.51. The molecule has 0 aliphatic rings. The van der Waals surface area contributed by atoms with E-state index in [1.807, 2.05) is 0 Å². The molecule has 1 rings (SSSR count). The Morgan fingerprint density at radius 2 is 1.94 bits per heavy atom. The Morgan fingerprint density at radius 1 is 1.35 bits per heavy atom. The first kappa shape index (κ1) is 13.2. The van der Waals surface area contributed by atoms with Gasteiger partial charge in [-0.05, 0) is 17.7 Å². The first-order valence-electron chi connectivity index (χ1n) is 4.67. The van der Waals surface area contributed by atoms with E-state index in [4.69, 9.17) is 10.5 Å². The van der Waals surface area contributed by atoms with Crippen LogP contribution in [0.5, 0.6) is 5.75 Å². The summed E-state index contributed by atoms with van der Waals surface area (Å²) in [4.78, 5) is 10.2. The van der Waals surface area contributed by atoms with Crippen LogP contribution in [-0.4, -0.2) is 26.4 Å². The zero-order valence-electron chi connectivity index (χ0n) is 9.14. The highest BCUT2D eigenvalue weighted by Crippen LogP contribution is 2.10. The molecule has 0 aliphatic carbocycles. The lowest BCUT2D eigenvalue weighted by molar-refractivity contribution is -0.112. The standard InChI is InChI=1S/C10H12N2O4S/c1-16-8-4-2-7(3-5-8)6-12-10(9(11)13)17(14)15/h2-5,12H,6H2,1H3,(H2,11,13). The molecular formula is C10H12N2O4S. The van der Waals surface area contributed by atoms with Crippen molar-refractivity contribution in [3.63, 3.8) is 0 Å². The molecule has 3 N–H and O–H groups in total. The van der Waals surface area contributed by atoms with Gasteiger partial charge in [0.15, 0.2) is 0 Å². The minimum atomic E-state index is -2.66. The molecule has 0 heterocycles. The number of hydrogen-bond acceptors (Lipinski definition) is 4. The Balaban J connectivity index is 2.73. The largest absolute Gasteiger partial charge is 0.497 e. The number of hydrogen-bond donors (Lipinski definition) is 2. The van der Waals surface area contributed by atoms with Crippen LogP contribution in [0.4, 0.5) is 0 Å². The second-order valence-electron chi connectivity index (χ2n) is 3.13. The molecular weight excluding hydrogens is 244 g/mol. The monoisotopic (exact) mass is 256 g/mol. The lowest BCUT2D eigenvalue weighted by Gasteiger charge is -2.04. The summed E-state index contributed by atoms with van der Waals surface area (Å²) in [6.07, 6.45) is 0. The molecule has 92 valence electrons. The Morgan fingerprint density at radius 3 is 2.35 bits per heavy atom. The van der Waals surface area contributed by atoms with Crippen molar-refractivity contribution in [2.24, 2.45) is 5.73 Å². The van der Waals surface area contributed by atoms with Crippen LogP contribution in [0.3, 0.4) is 0 Å². The normalized spacial score (nSPS) is 9.71. The highest BCUT2D eigenvalue weighted by atomic mass is 32.2. The van der Waals surface area contributed by atoms with E-state index in [2.05, 4.69) is 5.32 Å². The zero-order valence-corrected chi connectivity index (χ0v) is 9.95. The Bertz CT molecular complexity index is 526. The summed E-state index contributed by atoms with van der Waals surface area (Å²) in [6.45, 7) is 0.191. The van der Waals surface area contributed by atoms with Crippen LogP contribution in [0, 0.1) is 0 Å². The van der Waals surface area contributed by atoms with Gasteiger partial charge in [0, 0.05) is 6.54 Å². The number of rotatable bonds is 3. The van der Waals surface area contributed by atoms with Gasteiger partial charge in [0.1, 0.15) is 5.75 Å². The van der Waals surface area contributed by atoms with Crippen LogP contribution >= 0.6 is 0 Å². The quantitative estimate of drug-likeness (QED) is 0.695. The van der Waals surface area contributed by atoms with Gasteiger partial charge in [0.05, 0.1) is 7.11 Å². The first-order chi connectivity index (χ1) is 8.04. The predicted molar refractivity (Wildman–Crippen MR) is 63.0 cm³/mol. The lowest BCUT2D eigenvalue weighted by atomic mass is 10.2. The summed E-state index contributed by atoms with van der Waals surface area (Å²) in [5.74, 6) is -0.313. The molecule has 0 fully saturated rings. The van der Waals surface area contributed by atoms with Gasteiger partial charge in [-0.1, -0.05) is 12.1 Å². The topological polar surface area (TPSA) is 98.5 Å². The van der Waals surface area contributed by atoms with Crippen molar-refractivity contribution in [1.29, 1.82) is 0 Å². The van der Waals surface area contributed by atoms with Crippen LogP contribution in [0.15, 0.2) is 24.3 Å². The van der Waals surface area contributed by atoms with Crippen molar-refractivity contribution < 1.29 is 17.9 Å². The van der Waals surface area contributed by atoms with E-state index in [1.165, 1.54) is 0 Å². The number of nitrogens with one attached hydrogen (secondary N) is 1. The van der Waals surface area contributed by atoms with E-state index < -0.39 is 21.2 Å². The van der Waals surface area contributed by atoms with Gasteiger partial charge in [0.2, 0.25) is 15.3 Å². The Hall–Kier alpha value is -1.86. The van der Waals surface area contributed by atoms with E-state index in [-0.39, 0.29) is 6.54 Å². The molecule has 0 aliphatic heterocycles. The maximum atomic E-state index is 10.8. The minimum Gasteiger partial charge on any atom is -0.497 e. The molecule has 0 atom stereocenters. The fourth-order valence-electron chi connectivity index (χ4n) is 1.15. The lowest BCUT2D eigenvalue weighted by Crippen LogP contribution is -2.36. The number of ether oxygens (including phenoxy) is 1. The molecule has 17 heavy (non-hydrogen) atoms. The molecule has 1 aromatic carbocycles. The van der Waals surface area contributed by atoms with Gasteiger partial charge in [-0.2, -0.15) is 8.42 Å². The highest BCUT2D eigenvalue weighted by Gasteiger charge is 2.08. The van der Waals surface area contributed by atoms with Crippen LogP contribution in [-0.2, 0) is 21.6 Å². The number of primary amides is 1. The van der Waals surface area contributed by atoms with Crippen LogP contribution < -0.4 is 15.8 Å². The van der Waals surface area contributed by atoms with E-state index >= 15 is 0 Å². The fraction of sp³-hybridized carbons (Fsp3) is 0.200. The molecule has 0 saturated heterocycles. The molecule has 7 heteroatoms. The number of amides is 1. The van der Waals surface area contributed by atoms with Crippen molar-refractivity contribution in [2.75, 3.05) is 7.11 Å². The van der Waals surface area contributed by atoms with Crippen LogP contribution in [0.25, 0.3) is 0 Å². The number of carbonyl (C=O) groups is 1. The molecule has 0 aromatic heterocycles. The van der Waals surface area contributed by atoms with Crippen LogP contribution in [0.2, 0.25) is 0 Å². The van der Waals surface area contributed by atoms with E-state index in [0.717, 1.165) is 5.56 Å². The maximum Gasteiger partial charge on any atom is 0.275 e. The van der Waals surface area contributed by atoms with Gasteiger partial charge in [-0.3, -0.25) is 10.1 Å². The SMILES string of the molecule is COc1ccc(CNC(C(N)=O)=S(=O)=O)cc1. The van der Waals surface area contributed by atoms with Gasteiger partial charge in [-0.25, -0.2) is 0 Å². The minimum absolute atomic E-state index is 0.191. The molecule has 0 bridgehead atoms. The summed E-state index contributed by atoms with van der Waals surface area (Å²) >= 11 is 0. The Labute approximate surface area is 99.9 Å². The molecule has 1 aromatic rings. The first-order valence-corrected chi connectivity index (χ1v) is 5.75. The smallest absolute Gasteiger partial charge is 0.275 e. The number of carbonyl (C=O) groups excluding carboxylic acids is 1. The molecule has 0 unspecified atom stereocenters. The van der Waals surface area contributed by atoms with Gasteiger partial charge >= 0.3 is 0 Å².